The second-order valence-electron chi connectivity index (χ2n) is 1.50. The highest BCUT2D eigenvalue weighted by Crippen LogP contribution is 1.74. The minimum absolute atomic E-state index is 0.576. The number of hydrogen-bond donors (Lipinski definition) is 3. The van der Waals surface area contributed by atoms with Gasteiger partial charge < -0.3 is 5.21 Å². The fraction of sp³-hybridized carbons (Fsp3) is 1.00. The third-order valence-corrected chi connectivity index (χ3v) is 0.879. The summed E-state index contributed by atoms with van der Waals surface area (Å²) < 4.78 is 0. The van der Waals surface area contributed by atoms with Gasteiger partial charge in [0.2, 0.25) is 0 Å². The maximum Gasteiger partial charge on any atom is 0.0377 e. The van der Waals surface area contributed by atoms with E-state index in [1.807, 2.05) is 6.92 Å². The number of likely N-dealkylation sites (N-methyl/N-ethyl adjacent to an activating group) is 1. The first kappa shape index (κ1) is 7.84. The van der Waals surface area contributed by atoms with E-state index in [1.165, 1.54) is 5.06 Å². The molecule has 0 aliphatic carbocycles. The van der Waals surface area contributed by atoms with E-state index in [1.54, 1.807) is 0 Å². The van der Waals surface area contributed by atoms with Crippen LogP contribution in [0, 0.1) is 0 Å². The monoisotopic (exact) mass is 119 g/mol. The summed E-state index contributed by atoms with van der Waals surface area (Å²) in [6, 6.07) is 0. The van der Waals surface area contributed by atoms with Crippen LogP contribution in [0.2, 0.25) is 0 Å². The molecule has 0 saturated carbocycles. The highest BCUT2D eigenvalue weighted by molar-refractivity contribution is 4.40. The van der Waals surface area contributed by atoms with Crippen molar-refractivity contribution >= 4 is 0 Å². The molecule has 0 saturated heterocycles. The van der Waals surface area contributed by atoms with Crippen LogP contribution in [0.5, 0.6) is 0 Å². The van der Waals surface area contributed by atoms with E-state index < -0.39 is 0 Å². The fourth-order valence-corrected chi connectivity index (χ4v) is 0.352. The first-order valence-electron chi connectivity index (χ1n) is 2.68. The van der Waals surface area contributed by atoms with Crippen LogP contribution >= 0.6 is 0 Å². The molecule has 0 radical (unpaired) electrons. The van der Waals surface area contributed by atoms with E-state index >= 15 is 0 Å². The van der Waals surface area contributed by atoms with Gasteiger partial charge in [0, 0.05) is 19.6 Å². The number of rotatable bonds is 4. The van der Waals surface area contributed by atoms with Crippen molar-refractivity contribution in [2.75, 3.05) is 19.6 Å². The first-order valence-corrected chi connectivity index (χ1v) is 2.68. The van der Waals surface area contributed by atoms with Crippen LogP contribution in [0.1, 0.15) is 6.92 Å². The Hall–Kier alpha value is -0.160. The summed E-state index contributed by atoms with van der Waals surface area (Å²) in [6.07, 6.45) is 0. The van der Waals surface area contributed by atoms with Crippen molar-refractivity contribution in [1.82, 2.24) is 10.5 Å². The van der Waals surface area contributed by atoms with Crippen LogP contribution in [0.3, 0.4) is 0 Å². The largest absolute Gasteiger partial charge is 0.314 e. The lowest BCUT2D eigenvalue weighted by Crippen LogP contribution is -2.33. The van der Waals surface area contributed by atoms with Gasteiger partial charge in [-0.15, -0.1) is 0 Å². The number of nitrogens with two attached hydrogens (primary N) is 1. The van der Waals surface area contributed by atoms with Gasteiger partial charge in [0.1, 0.15) is 0 Å². The van der Waals surface area contributed by atoms with Crippen LogP contribution in [0.4, 0.5) is 0 Å². The molecule has 0 fully saturated rings. The molecule has 4 heteroatoms. The molecule has 0 heterocycles. The fourth-order valence-electron chi connectivity index (χ4n) is 0.352. The van der Waals surface area contributed by atoms with Crippen LogP contribution in [0.25, 0.3) is 0 Å². The van der Waals surface area contributed by atoms with Crippen molar-refractivity contribution in [2.24, 2.45) is 5.84 Å². The molecule has 0 bridgehead atoms. The number of hydrogen-bond acceptors (Lipinski definition) is 4. The Balaban J connectivity index is 2.86. The molecule has 4 nitrogen and oxygen atoms in total. The summed E-state index contributed by atoms with van der Waals surface area (Å²) in [5.41, 5.74) is 2.43. The van der Waals surface area contributed by atoms with E-state index in [2.05, 4.69) is 5.43 Å². The Labute approximate surface area is 49.2 Å². The summed E-state index contributed by atoms with van der Waals surface area (Å²) in [5.74, 6) is 4.94. The number of nitrogens with one attached hydrogen (secondary N) is 1. The molecule has 0 aromatic carbocycles. The molecule has 0 unspecified atom stereocenters. The molecule has 0 aromatic heterocycles. The Bertz CT molecular complexity index is 50.5. The summed E-state index contributed by atoms with van der Waals surface area (Å²) in [6.45, 7) is 3.70. The predicted octanol–water partition coefficient (Wildman–Crippen LogP) is -0.839. The average Bonchev–Trinajstić information content (AvgIpc) is 1.83. The number of nitrogens with zero attached hydrogens (tertiary/aromatic N) is 1. The van der Waals surface area contributed by atoms with Crippen LogP contribution in [-0.4, -0.2) is 29.9 Å². The highest BCUT2D eigenvalue weighted by Gasteiger charge is 1.91. The maximum atomic E-state index is 8.73. The van der Waals surface area contributed by atoms with Crippen molar-refractivity contribution < 1.29 is 5.21 Å². The van der Waals surface area contributed by atoms with Gasteiger partial charge in [-0.2, -0.15) is 5.06 Å². The molecule has 0 aliphatic heterocycles. The minimum Gasteiger partial charge on any atom is -0.314 e. The van der Waals surface area contributed by atoms with Crippen molar-refractivity contribution in [1.29, 1.82) is 0 Å². The third kappa shape index (κ3) is 4.01. The molecule has 0 amide bonds. The molecule has 0 aliphatic rings. The van der Waals surface area contributed by atoms with E-state index in [4.69, 9.17) is 11.0 Å². The molecule has 8 heavy (non-hydrogen) atoms. The third-order valence-electron chi connectivity index (χ3n) is 0.879. The molecule has 50 valence electrons. The summed E-state index contributed by atoms with van der Waals surface area (Å²) in [7, 11) is 0. The van der Waals surface area contributed by atoms with Crippen LogP contribution < -0.4 is 11.3 Å². The second-order valence-corrected chi connectivity index (χ2v) is 1.50. The molecule has 0 aromatic rings. The van der Waals surface area contributed by atoms with Crippen molar-refractivity contribution in [3.05, 3.63) is 0 Å². The Kier molecular flexibility index (Phi) is 4.89. The zero-order chi connectivity index (χ0) is 6.41. The normalized spacial score (nSPS) is 10.5. The lowest BCUT2D eigenvalue weighted by molar-refractivity contribution is -0.0845. The SMILES string of the molecule is CCN(O)CCNN. The van der Waals surface area contributed by atoms with Gasteiger partial charge in [-0.05, 0) is 0 Å². The summed E-state index contributed by atoms with van der Waals surface area (Å²) in [5, 5.41) is 9.92. The van der Waals surface area contributed by atoms with Crippen molar-refractivity contribution in [3.8, 4) is 0 Å². The quantitative estimate of drug-likeness (QED) is 0.333. The molecule has 0 rings (SSSR count). The zero-order valence-corrected chi connectivity index (χ0v) is 5.09. The molecule has 0 atom stereocenters. The van der Waals surface area contributed by atoms with E-state index in [-0.39, 0.29) is 0 Å². The first-order chi connectivity index (χ1) is 3.81. The summed E-state index contributed by atoms with van der Waals surface area (Å²) in [4.78, 5) is 0. The van der Waals surface area contributed by atoms with Crippen LogP contribution in [0.15, 0.2) is 0 Å². The van der Waals surface area contributed by atoms with Gasteiger partial charge in [0.15, 0.2) is 0 Å². The number of hydrazine groups is 1. The van der Waals surface area contributed by atoms with E-state index in [0.717, 1.165) is 0 Å². The zero-order valence-electron chi connectivity index (χ0n) is 5.09. The summed E-state index contributed by atoms with van der Waals surface area (Å²) >= 11 is 0. The Morgan fingerprint density at radius 1 is 1.75 bits per heavy atom. The maximum absolute atomic E-state index is 8.73. The van der Waals surface area contributed by atoms with Gasteiger partial charge in [-0.3, -0.25) is 11.3 Å². The van der Waals surface area contributed by atoms with E-state index in [9.17, 15) is 0 Å². The topological polar surface area (TPSA) is 61.5 Å². The van der Waals surface area contributed by atoms with Crippen LogP contribution in [-0.2, 0) is 0 Å². The van der Waals surface area contributed by atoms with Crippen molar-refractivity contribution in [3.63, 3.8) is 0 Å². The molecular formula is C4H13N3O. The van der Waals surface area contributed by atoms with Crippen molar-refractivity contribution in [2.45, 2.75) is 6.92 Å². The van der Waals surface area contributed by atoms with E-state index in [0.29, 0.717) is 19.6 Å². The van der Waals surface area contributed by atoms with Gasteiger partial charge in [-0.25, -0.2) is 0 Å². The smallest absolute Gasteiger partial charge is 0.0377 e. The average molecular weight is 119 g/mol. The molecule has 4 N–H and O–H groups in total. The predicted molar refractivity (Wildman–Crippen MR) is 31.2 cm³/mol. The Morgan fingerprint density at radius 2 is 2.38 bits per heavy atom. The molecule has 0 spiro atoms. The van der Waals surface area contributed by atoms with Gasteiger partial charge >= 0.3 is 0 Å². The lowest BCUT2D eigenvalue weighted by atomic mass is 10.6. The van der Waals surface area contributed by atoms with Gasteiger partial charge in [0.25, 0.3) is 0 Å². The van der Waals surface area contributed by atoms with Gasteiger partial charge in [-0.1, -0.05) is 6.92 Å². The Morgan fingerprint density at radius 3 is 2.75 bits per heavy atom. The standard InChI is InChI=1S/C4H13N3O/c1-2-7(8)4-3-6-5/h6,8H,2-5H2,1H3. The second kappa shape index (κ2) is 4.99. The highest BCUT2D eigenvalue weighted by atomic mass is 16.5. The lowest BCUT2D eigenvalue weighted by Gasteiger charge is -2.09. The minimum atomic E-state index is 0.576. The molecular weight excluding hydrogens is 106 g/mol. The number of hydroxylamine groups is 2. The van der Waals surface area contributed by atoms with Gasteiger partial charge in [0.05, 0.1) is 0 Å².